The summed E-state index contributed by atoms with van der Waals surface area (Å²) in [6.07, 6.45) is 1.85. The maximum Gasteiger partial charge on any atom is 0.411 e. The maximum atomic E-state index is 12.3. The Morgan fingerprint density at radius 2 is 2.19 bits per heavy atom. The number of aliphatic carboxylic acids is 1. The van der Waals surface area contributed by atoms with Gasteiger partial charge in [-0.1, -0.05) is 0 Å². The van der Waals surface area contributed by atoms with Gasteiger partial charge in [-0.05, 0) is 45.7 Å². The number of carboxylic acid groups (broad SMARTS) is 1. The second-order valence-electron chi connectivity index (χ2n) is 6.31. The maximum absolute atomic E-state index is 12.3. The van der Waals surface area contributed by atoms with Crippen molar-refractivity contribution in [3.63, 3.8) is 0 Å². The number of hydrogen-bond acceptors (Lipinski definition) is 5. The Labute approximate surface area is 123 Å². The van der Waals surface area contributed by atoms with Crippen LogP contribution in [0.15, 0.2) is 22.8 Å². The molecule has 1 amide bonds. The molecule has 2 heterocycles. The van der Waals surface area contributed by atoms with Crippen LogP contribution in [0.3, 0.4) is 0 Å². The van der Waals surface area contributed by atoms with Crippen LogP contribution in [0, 0.1) is 0 Å². The highest BCUT2D eigenvalue weighted by Gasteiger charge is 2.47. The monoisotopic (exact) mass is 294 g/mol. The number of hydrogen-bond donors (Lipinski definition) is 0. The van der Waals surface area contributed by atoms with Crippen molar-refractivity contribution in [2.45, 2.75) is 51.2 Å². The number of nitrogens with zero attached hydrogens (tertiary/aromatic N) is 1. The molecule has 6 heteroatoms. The molecule has 1 aliphatic rings. The molecule has 1 aromatic rings. The van der Waals surface area contributed by atoms with Crippen LogP contribution in [0.2, 0.25) is 0 Å². The van der Waals surface area contributed by atoms with E-state index in [9.17, 15) is 14.7 Å². The summed E-state index contributed by atoms with van der Waals surface area (Å²) in [4.78, 5) is 25.3. The quantitative estimate of drug-likeness (QED) is 0.840. The van der Waals surface area contributed by atoms with E-state index in [1.165, 1.54) is 11.2 Å². The SMILES string of the molecule is CC(C)(C)OC(=O)N1CCC[C@@]1(Cc1ccco1)C(=O)[O-]. The third-order valence-corrected chi connectivity index (χ3v) is 3.53. The average Bonchev–Trinajstić information content (AvgIpc) is 2.96. The van der Waals surface area contributed by atoms with Crippen molar-refractivity contribution in [3.05, 3.63) is 24.2 Å². The predicted molar refractivity (Wildman–Crippen MR) is 72.3 cm³/mol. The summed E-state index contributed by atoms with van der Waals surface area (Å²) in [5, 5.41) is 11.7. The first-order chi connectivity index (χ1) is 9.74. The molecule has 2 rings (SSSR count). The van der Waals surface area contributed by atoms with E-state index >= 15 is 0 Å². The van der Waals surface area contributed by atoms with Gasteiger partial charge in [0.1, 0.15) is 11.4 Å². The van der Waals surface area contributed by atoms with Gasteiger partial charge in [0.2, 0.25) is 0 Å². The summed E-state index contributed by atoms with van der Waals surface area (Å²) < 4.78 is 10.5. The van der Waals surface area contributed by atoms with Crippen molar-refractivity contribution in [2.24, 2.45) is 0 Å². The lowest BCUT2D eigenvalue weighted by molar-refractivity contribution is -0.317. The summed E-state index contributed by atoms with van der Waals surface area (Å²) in [5.74, 6) is -0.767. The van der Waals surface area contributed by atoms with E-state index in [1.54, 1.807) is 32.9 Å². The summed E-state index contributed by atoms with van der Waals surface area (Å²) in [6.45, 7) is 5.57. The molecule has 0 spiro atoms. The summed E-state index contributed by atoms with van der Waals surface area (Å²) in [7, 11) is 0. The fourth-order valence-corrected chi connectivity index (χ4v) is 2.63. The largest absolute Gasteiger partial charge is 0.548 e. The number of carbonyl (C=O) groups excluding carboxylic acids is 2. The highest BCUT2D eigenvalue weighted by Crippen LogP contribution is 2.34. The molecule has 0 bridgehead atoms. The molecular formula is C15H20NO5-. The number of likely N-dealkylation sites (tertiary alicyclic amines) is 1. The Hall–Kier alpha value is -1.98. The third kappa shape index (κ3) is 3.20. The van der Waals surface area contributed by atoms with E-state index < -0.39 is 23.2 Å². The molecule has 1 fully saturated rings. The zero-order chi connectivity index (χ0) is 15.7. The van der Waals surface area contributed by atoms with Crippen LogP contribution >= 0.6 is 0 Å². The number of furan rings is 1. The van der Waals surface area contributed by atoms with Crippen LogP contribution in [0.25, 0.3) is 0 Å². The Balaban J connectivity index is 2.26. The van der Waals surface area contributed by atoms with Gasteiger partial charge in [-0.3, -0.25) is 4.90 Å². The van der Waals surface area contributed by atoms with Crippen molar-refractivity contribution < 1.29 is 23.8 Å². The van der Waals surface area contributed by atoms with E-state index in [-0.39, 0.29) is 6.42 Å². The van der Waals surface area contributed by atoms with Gasteiger partial charge in [-0.25, -0.2) is 4.79 Å². The second kappa shape index (κ2) is 5.42. The Morgan fingerprint density at radius 3 is 2.71 bits per heavy atom. The van der Waals surface area contributed by atoms with Gasteiger partial charge in [0.05, 0.1) is 17.8 Å². The highest BCUT2D eigenvalue weighted by atomic mass is 16.6. The lowest BCUT2D eigenvalue weighted by atomic mass is 9.91. The first-order valence-corrected chi connectivity index (χ1v) is 6.99. The van der Waals surface area contributed by atoms with Crippen molar-refractivity contribution >= 4 is 12.1 Å². The van der Waals surface area contributed by atoms with Crippen LogP contribution in [0.4, 0.5) is 4.79 Å². The van der Waals surface area contributed by atoms with E-state index in [1.807, 2.05) is 0 Å². The van der Waals surface area contributed by atoms with Gasteiger partial charge in [-0.15, -0.1) is 0 Å². The molecule has 116 valence electrons. The number of rotatable bonds is 3. The molecule has 0 unspecified atom stereocenters. The van der Waals surface area contributed by atoms with Crippen LogP contribution in [-0.2, 0) is 16.0 Å². The molecule has 1 saturated heterocycles. The number of carbonyl (C=O) groups is 2. The Kier molecular flexibility index (Phi) is 3.98. The molecule has 0 radical (unpaired) electrons. The molecule has 0 aromatic carbocycles. The minimum atomic E-state index is -1.40. The molecular weight excluding hydrogens is 274 g/mol. The van der Waals surface area contributed by atoms with Crippen molar-refractivity contribution in [3.8, 4) is 0 Å². The molecule has 0 N–H and O–H groups in total. The zero-order valence-electron chi connectivity index (χ0n) is 12.5. The molecule has 1 aliphatic heterocycles. The predicted octanol–water partition coefficient (Wildman–Crippen LogP) is 1.34. The summed E-state index contributed by atoms with van der Waals surface area (Å²) in [5.41, 5.74) is -2.08. The third-order valence-electron chi connectivity index (χ3n) is 3.53. The first kappa shape index (κ1) is 15.4. The Morgan fingerprint density at radius 1 is 1.48 bits per heavy atom. The fraction of sp³-hybridized carbons (Fsp3) is 0.600. The zero-order valence-corrected chi connectivity index (χ0v) is 12.5. The van der Waals surface area contributed by atoms with E-state index in [4.69, 9.17) is 9.15 Å². The van der Waals surface area contributed by atoms with Gasteiger partial charge < -0.3 is 19.1 Å². The number of amides is 1. The van der Waals surface area contributed by atoms with E-state index in [2.05, 4.69) is 0 Å². The van der Waals surface area contributed by atoms with Crippen LogP contribution in [-0.4, -0.2) is 34.6 Å². The standard InChI is InChI=1S/C15H21NO5/c1-14(2,3)21-13(19)16-8-5-7-15(16,12(17)18)10-11-6-4-9-20-11/h4,6,9H,5,7-8,10H2,1-3H3,(H,17,18)/p-1/t15-/m1/s1. The Bertz CT molecular complexity index is 517. The molecule has 21 heavy (non-hydrogen) atoms. The van der Waals surface area contributed by atoms with Gasteiger partial charge >= 0.3 is 6.09 Å². The first-order valence-electron chi connectivity index (χ1n) is 6.99. The molecule has 0 aliphatic carbocycles. The van der Waals surface area contributed by atoms with Gasteiger partial charge in [0, 0.05) is 13.0 Å². The summed E-state index contributed by atoms with van der Waals surface area (Å²) in [6, 6.07) is 3.38. The lowest BCUT2D eigenvalue weighted by Gasteiger charge is -2.39. The van der Waals surface area contributed by atoms with Gasteiger partial charge in [-0.2, -0.15) is 0 Å². The number of carboxylic acids is 1. The van der Waals surface area contributed by atoms with Crippen molar-refractivity contribution in [2.75, 3.05) is 6.54 Å². The number of ether oxygens (including phenoxy) is 1. The van der Waals surface area contributed by atoms with E-state index in [0.29, 0.717) is 25.1 Å². The molecule has 0 saturated carbocycles. The minimum Gasteiger partial charge on any atom is -0.548 e. The highest BCUT2D eigenvalue weighted by molar-refractivity contribution is 5.84. The molecule has 6 nitrogen and oxygen atoms in total. The topological polar surface area (TPSA) is 82.8 Å². The average molecular weight is 294 g/mol. The van der Waals surface area contributed by atoms with Crippen LogP contribution in [0.5, 0.6) is 0 Å². The normalized spacial score (nSPS) is 22.3. The molecule has 1 atom stereocenters. The molecule has 1 aromatic heterocycles. The van der Waals surface area contributed by atoms with Crippen LogP contribution < -0.4 is 5.11 Å². The second-order valence-corrected chi connectivity index (χ2v) is 6.31. The fourth-order valence-electron chi connectivity index (χ4n) is 2.63. The van der Waals surface area contributed by atoms with E-state index in [0.717, 1.165) is 0 Å². The van der Waals surface area contributed by atoms with Crippen LogP contribution in [0.1, 0.15) is 39.4 Å². The lowest BCUT2D eigenvalue weighted by Crippen LogP contribution is -2.60. The van der Waals surface area contributed by atoms with Gasteiger partial charge in [0.25, 0.3) is 0 Å². The smallest absolute Gasteiger partial charge is 0.411 e. The summed E-state index contributed by atoms with van der Waals surface area (Å²) >= 11 is 0. The van der Waals surface area contributed by atoms with Gasteiger partial charge in [0.15, 0.2) is 0 Å². The minimum absolute atomic E-state index is 0.0849. The van der Waals surface area contributed by atoms with Crippen molar-refractivity contribution in [1.29, 1.82) is 0 Å². The van der Waals surface area contributed by atoms with Crippen molar-refractivity contribution in [1.82, 2.24) is 4.90 Å².